The summed E-state index contributed by atoms with van der Waals surface area (Å²) in [6.07, 6.45) is 4.52. The van der Waals surface area contributed by atoms with Crippen LogP contribution < -0.4 is 0 Å². The van der Waals surface area contributed by atoms with Gasteiger partial charge in [-0.05, 0) is 46.1 Å². The third-order valence-corrected chi connectivity index (χ3v) is 3.89. The summed E-state index contributed by atoms with van der Waals surface area (Å²) < 4.78 is 0. The Hall–Kier alpha value is -0.120. The molecule has 2 fully saturated rings. The Morgan fingerprint density at radius 2 is 1.87 bits per heavy atom. The zero-order chi connectivity index (χ0) is 10.8. The van der Waals surface area contributed by atoms with E-state index in [4.69, 9.17) is 0 Å². The average molecular weight is 212 g/mol. The Bertz CT molecular complexity index is 208. The Labute approximate surface area is 93.1 Å². The minimum Gasteiger partial charge on any atom is -0.378 e. The molecule has 2 aliphatic heterocycles. The van der Waals surface area contributed by atoms with Gasteiger partial charge in [0.2, 0.25) is 0 Å². The van der Waals surface area contributed by atoms with Gasteiger partial charge in [0, 0.05) is 25.2 Å². The molecule has 0 aromatic heterocycles. The Balaban J connectivity index is 1.92. The van der Waals surface area contributed by atoms with Crippen molar-refractivity contribution in [2.45, 2.75) is 57.8 Å². The molecule has 0 aliphatic carbocycles. The predicted octanol–water partition coefficient (Wildman–Crippen LogP) is 1.27. The summed E-state index contributed by atoms with van der Waals surface area (Å²) in [4.78, 5) is 4.85. The molecule has 0 amide bonds. The van der Waals surface area contributed by atoms with Crippen molar-refractivity contribution in [3.63, 3.8) is 0 Å². The van der Waals surface area contributed by atoms with Crippen molar-refractivity contribution in [1.29, 1.82) is 0 Å². The van der Waals surface area contributed by atoms with Crippen LogP contribution in [0.5, 0.6) is 0 Å². The topological polar surface area (TPSA) is 26.7 Å². The van der Waals surface area contributed by atoms with Gasteiger partial charge in [0.05, 0.1) is 0 Å². The maximum Gasteiger partial charge on any atom is 0.107 e. The maximum atomic E-state index is 9.87. The fourth-order valence-corrected chi connectivity index (χ4v) is 2.92. The van der Waals surface area contributed by atoms with Crippen LogP contribution in [0.4, 0.5) is 0 Å². The van der Waals surface area contributed by atoms with E-state index >= 15 is 0 Å². The summed E-state index contributed by atoms with van der Waals surface area (Å²) in [6.45, 7) is 8.01. The molecule has 88 valence electrons. The van der Waals surface area contributed by atoms with Gasteiger partial charge in [-0.15, -0.1) is 0 Å². The molecule has 2 saturated heterocycles. The van der Waals surface area contributed by atoms with Crippen LogP contribution in [0.3, 0.4) is 0 Å². The van der Waals surface area contributed by atoms with Crippen LogP contribution in [0.25, 0.3) is 0 Å². The summed E-state index contributed by atoms with van der Waals surface area (Å²) in [5.41, 5.74) is 0. The largest absolute Gasteiger partial charge is 0.378 e. The standard InChI is InChI=1S/C12H24N2O/c1-10(2)13-7-3-5-11(9-13)14-8-4-6-12(14)15/h10-12,15H,3-9H2,1-2H3/t11-,12?/m0/s1. The van der Waals surface area contributed by atoms with Crippen LogP contribution in [0.15, 0.2) is 0 Å². The molecule has 0 radical (unpaired) electrons. The van der Waals surface area contributed by atoms with E-state index in [1.807, 2.05) is 0 Å². The fourth-order valence-electron chi connectivity index (χ4n) is 2.92. The number of nitrogens with zero attached hydrogens (tertiary/aromatic N) is 2. The second-order valence-corrected chi connectivity index (χ2v) is 5.25. The van der Waals surface area contributed by atoms with Gasteiger partial charge in [-0.3, -0.25) is 9.80 Å². The third-order valence-electron chi connectivity index (χ3n) is 3.89. The maximum absolute atomic E-state index is 9.87. The highest BCUT2D eigenvalue weighted by Crippen LogP contribution is 2.24. The van der Waals surface area contributed by atoms with Crippen molar-refractivity contribution < 1.29 is 5.11 Å². The summed E-state index contributed by atoms with van der Waals surface area (Å²) in [7, 11) is 0. The molecular weight excluding hydrogens is 188 g/mol. The Morgan fingerprint density at radius 1 is 1.13 bits per heavy atom. The van der Waals surface area contributed by atoms with E-state index in [2.05, 4.69) is 23.6 Å². The summed E-state index contributed by atoms with van der Waals surface area (Å²) >= 11 is 0. The SMILES string of the molecule is CC(C)N1CCC[C@H](N2CCCC2O)C1. The van der Waals surface area contributed by atoms with Crippen molar-refractivity contribution in [2.24, 2.45) is 0 Å². The molecule has 15 heavy (non-hydrogen) atoms. The summed E-state index contributed by atoms with van der Waals surface area (Å²) in [5.74, 6) is 0. The highest BCUT2D eigenvalue weighted by molar-refractivity contribution is 4.85. The number of hydrogen-bond acceptors (Lipinski definition) is 3. The molecule has 0 aromatic carbocycles. The average Bonchev–Trinajstić information content (AvgIpc) is 2.64. The summed E-state index contributed by atoms with van der Waals surface area (Å²) in [5, 5.41) is 9.87. The number of likely N-dealkylation sites (tertiary alicyclic amines) is 2. The van der Waals surface area contributed by atoms with Gasteiger partial charge < -0.3 is 5.11 Å². The van der Waals surface area contributed by atoms with Crippen molar-refractivity contribution >= 4 is 0 Å². The number of aliphatic hydroxyl groups excluding tert-OH is 1. The lowest BCUT2D eigenvalue weighted by molar-refractivity contribution is -0.0191. The van der Waals surface area contributed by atoms with E-state index in [1.165, 1.54) is 25.8 Å². The second-order valence-electron chi connectivity index (χ2n) is 5.25. The van der Waals surface area contributed by atoms with Crippen molar-refractivity contribution in [2.75, 3.05) is 19.6 Å². The highest BCUT2D eigenvalue weighted by atomic mass is 16.3. The lowest BCUT2D eigenvalue weighted by Crippen LogP contribution is -2.51. The van der Waals surface area contributed by atoms with Gasteiger partial charge in [-0.2, -0.15) is 0 Å². The first kappa shape index (κ1) is 11.4. The first-order chi connectivity index (χ1) is 7.18. The van der Waals surface area contributed by atoms with E-state index in [-0.39, 0.29) is 6.23 Å². The Kier molecular flexibility index (Phi) is 3.65. The van der Waals surface area contributed by atoms with Crippen LogP contribution in [0.1, 0.15) is 39.5 Å². The van der Waals surface area contributed by atoms with Gasteiger partial charge in [-0.25, -0.2) is 0 Å². The molecular formula is C12H24N2O. The van der Waals surface area contributed by atoms with Gasteiger partial charge in [-0.1, -0.05) is 0 Å². The molecule has 3 heteroatoms. The smallest absolute Gasteiger partial charge is 0.107 e. The Morgan fingerprint density at radius 3 is 2.47 bits per heavy atom. The quantitative estimate of drug-likeness (QED) is 0.747. The first-order valence-corrected chi connectivity index (χ1v) is 6.36. The lowest BCUT2D eigenvalue weighted by Gasteiger charge is -2.40. The van der Waals surface area contributed by atoms with Crippen LogP contribution in [-0.4, -0.2) is 52.9 Å². The van der Waals surface area contributed by atoms with Crippen molar-refractivity contribution in [3.8, 4) is 0 Å². The van der Waals surface area contributed by atoms with Crippen molar-refractivity contribution in [1.82, 2.24) is 9.80 Å². The summed E-state index contributed by atoms with van der Waals surface area (Å²) in [6, 6.07) is 1.24. The molecule has 2 rings (SSSR count). The molecule has 2 heterocycles. The van der Waals surface area contributed by atoms with E-state index in [1.54, 1.807) is 0 Å². The third kappa shape index (κ3) is 2.52. The predicted molar refractivity (Wildman–Crippen MR) is 61.7 cm³/mol. The second kappa shape index (κ2) is 4.81. The monoisotopic (exact) mass is 212 g/mol. The van der Waals surface area contributed by atoms with E-state index in [9.17, 15) is 5.11 Å². The van der Waals surface area contributed by atoms with E-state index in [0.717, 1.165) is 19.5 Å². The number of piperidine rings is 1. The molecule has 0 spiro atoms. The van der Waals surface area contributed by atoms with Gasteiger partial charge in [0.25, 0.3) is 0 Å². The van der Waals surface area contributed by atoms with E-state index < -0.39 is 0 Å². The van der Waals surface area contributed by atoms with Crippen molar-refractivity contribution in [3.05, 3.63) is 0 Å². The molecule has 0 bridgehead atoms. The van der Waals surface area contributed by atoms with Gasteiger partial charge in [0.15, 0.2) is 0 Å². The molecule has 3 nitrogen and oxygen atoms in total. The number of rotatable bonds is 2. The van der Waals surface area contributed by atoms with Crippen LogP contribution in [0, 0.1) is 0 Å². The lowest BCUT2D eigenvalue weighted by atomic mass is 10.0. The van der Waals surface area contributed by atoms with Gasteiger partial charge >= 0.3 is 0 Å². The van der Waals surface area contributed by atoms with Crippen LogP contribution in [0.2, 0.25) is 0 Å². The minimum absolute atomic E-state index is 0.165. The minimum atomic E-state index is -0.165. The zero-order valence-corrected chi connectivity index (χ0v) is 10.0. The molecule has 2 aliphatic rings. The molecule has 1 unspecified atom stereocenters. The number of aliphatic hydroxyl groups is 1. The molecule has 2 atom stereocenters. The molecule has 0 saturated carbocycles. The molecule has 1 N–H and O–H groups in total. The highest BCUT2D eigenvalue weighted by Gasteiger charge is 2.32. The fraction of sp³-hybridized carbons (Fsp3) is 1.00. The number of hydrogen-bond donors (Lipinski definition) is 1. The normalized spacial score (nSPS) is 35.2. The van der Waals surface area contributed by atoms with Crippen LogP contribution >= 0.6 is 0 Å². The zero-order valence-electron chi connectivity index (χ0n) is 10.0. The van der Waals surface area contributed by atoms with Crippen LogP contribution in [-0.2, 0) is 0 Å². The molecule has 0 aromatic rings. The van der Waals surface area contributed by atoms with Gasteiger partial charge in [0.1, 0.15) is 6.23 Å². The first-order valence-electron chi connectivity index (χ1n) is 6.36. The van der Waals surface area contributed by atoms with E-state index in [0.29, 0.717) is 12.1 Å².